The standard InChI is InChI=1S/C27H23FN2O6/c1-3-35-26(32)22-23(16-6-12-20(34-2)13-7-16)29-27(33)30-24(22)17-8-14-21(15-9-17)36-25(31)18-4-10-19(28)11-5-18/h4-15,24H,3H2,1-2H3,(H2,29,30,33). The van der Waals surface area contributed by atoms with Crippen LogP contribution in [0.1, 0.15) is 34.5 Å². The lowest BCUT2D eigenvalue weighted by molar-refractivity contribution is -0.138. The highest BCUT2D eigenvalue weighted by molar-refractivity contribution is 6.04. The van der Waals surface area contributed by atoms with E-state index in [0.717, 1.165) is 0 Å². The molecular weight excluding hydrogens is 467 g/mol. The van der Waals surface area contributed by atoms with E-state index < -0.39 is 29.8 Å². The van der Waals surface area contributed by atoms with Gasteiger partial charge in [0.2, 0.25) is 0 Å². The third-order valence-electron chi connectivity index (χ3n) is 5.45. The van der Waals surface area contributed by atoms with Gasteiger partial charge in [0.25, 0.3) is 0 Å². The van der Waals surface area contributed by atoms with Crippen LogP contribution in [0.25, 0.3) is 5.70 Å². The number of nitrogens with one attached hydrogen (secondary N) is 2. The fourth-order valence-corrected chi connectivity index (χ4v) is 3.71. The van der Waals surface area contributed by atoms with Crippen LogP contribution in [-0.2, 0) is 9.53 Å². The summed E-state index contributed by atoms with van der Waals surface area (Å²) >= 11 is 0. The van der Waals surface area contributed by atoms with Crippen LogP contribution in [-0.4, -0.2) is 31.7 Å². The van der Waals surface area contributed by atoms with Gasteiger partial charge in [0.05, 0.1) is 36.6 Å². The van der Waals surface area contributed by atoms with Gasteiger partial charge in [-0.1, -0.05) is 12.1 Å². The zero-order valence-electron chi connectivity index (χ0n) is 19.5. The Morgan fingerprint density at radius 1 is 0.889 bits per heavy atom. The van der Waals surface area contributed by atoms with Gasteiger partial charge in [-0.25, -0.2) is 18.8 Å². The molecule has 0 aromatic heterocycles. The first-order valence-electron chi connectivity index (χ1n) is 11.1. The molecule has 1 unspecified atom stereocenters. The number of rotatable bonds is 7. The SMILES string of the molecule is CCOC(=O)C1=C(c2ccc(OC)cc2)NC(=O)NC1c1ccc(OC(=O)c2ccc(F)cc2)cc1. The molecule has 0 spiro atoms. The maximum atomic E-state index is 13.1. The number of ether oxygens (including phenoxy) is 3. The molecule has 0 bridgehead atoms. The number of hydrogen-bond acceptors (Lipinski definition) is 6. The highest BCUT2D eigenvalue weighted by Crippen LogP contribution is 2.33. The number of amides is 2. The van der Waals surface area contributed by atoms with Crippen LogP contribution in [0.4, 0.5) is 9.18 Å². The third-order valence-corrected chi connectivity index (χ3v) is 5.45. The predicted molar refractivity (Wildman–Crippen MR) is 129 cm³/mol. The normalized spacial score (nSPS) is 15.0. The van der Waals surface area contributed by atoms with Gasteiger partial charge in [0, 0.05) is 0 Å². The monoisotopic (exact) mass is 490 g/mol. The molecule has 0 aliphatic carbocycles. The van der Waals surface area contributed by atoms with Gasteiger partial charge < -0.3 is 24.8 Å². The third kappa shape index (κ3) is 5.35. The van der Waals surface area contributed by atoms with E-state index in [2.05, 4.69) is 10.6 Å². The summed E-state index contributed by atoms with van der Waals surface area (Å²) in [6, 6.07) is 16.9. The molecule has 2 amide bonds. The smallest absolute Gasteiger partial charge is 0.343 e. The summed E-state index contributed by atoms with van der Waals surface area (Å²) < 4.78 is 28.9. The van der Waals surface area contributed by atoms with Gasteiger partial charge in [-0.2, -0.15) is 0 Å². The number of carbonyl (C=O) groups is 3. The van der Waals surface area contributed by atoms with E-state index in [4.69, 9.17) is 14.2 Å². The Balaban J connectivity index is 1.65. The van der Waals surface area contributed by atoms with Crippen molar-refractivity contribution in [2.24, 2.45) is 0 Å². The molecule has 1 atom stereocenters. The summed E-state index contributed by atoms with van der Waals surface area (Å²) in [4.78, 5) is 37.9. The number of methoxy groups -OCH3 is 1. The quantitative estimate of drug-likeness (QED) is 0.376. The summed E-state index contributed by atoms with van der Waals surface area (Å²) in [5.74, 6) is -0.830. The first kappa shape index (κ1) is 24.5. The Hall–Kier alpha value is -4.66. The molecule has 1 aliphatic rings. The van der Waals surface area contributed by atoms with E-state index in [0.29, 0.717) is 22.6 Å². The van der Waals surface area contributed by atoms with Crippen LogP contribution in [0.3, 0.4) is 0 Å². The topological polar surface area (TPSA) is 103 Å². The van der Waals surface area contributed by atoms with Crippen molar-refractivity contribution in [2.45, 2.75) is 13.0 Å². The van der Waals surface area contributed by atoms with E-state index in [9.17, 15) is 18.8 Å². The lowest BCUT2D eigenvalue weighted by Crippen LogP contribution is -2.45. The van der Waals surface area contributed by atoms with Crippen molar-refractivity contribution in [3.63, 3.8) is 0 Å². The van der Waals surface area contributed by atoms with Gasteiger partial charge >= 0.3 is 18.0 Å². The predicted octanol–water partition coefficient (Wildman–Crippen LogP) is 4.38. The van der Waals surface area contributed by atoms with E-state index in [-0.39, 0.29) is 23.5 Å². The van der Waals surface area contributed by atoms with Crippen LogP contribution in [0.15, 0.2) is 78.4 Å². The summed E-state index contributed by atoms with van der Waals surface area (Å²) in [7, 11) is 1.54. The maximum absolute atomic E-state index is 13.1. The van der Waals surface area contributed by atoms with Gasteiger partial charge in [-0.3, -0.25) is 0 Å². The van der Waals surface area contributed by atoms with Crippen molar-refractivity contribution in [3.05, 3.63) is 101 Å². The molecule has 0 saturated heterocycles. The molecule has 1 heterocycles. The number of esters is 2. The van der Waals surface area contributed by atoms with E-state index >= 15 is 0 Å². The lowest BCUT2D eigenvalue weighted by atomic mass is 9.92. The number of benzene rings is 3. The second-order valence-corrected chi connectivity index (χ2v) is 7.73. The van der Waals surface area contributed by atoms with Gasteiger partial charge in [0.15, 0.2) is 0 Å². The van der Waals surface area contributed by atoms with Crippen LogP contribution in [0, 0.1) is 5.82 Å². The minimum Gasteiger partial charge on any atom is -0.497 e. The molecule has 2 N–H and O–H groups in total. The Morgan fingerprint density at radius 3 is 2.14 bits per heavy atom. The van der Waals surface area contributed by atoms with Crippen molar-refractivity contribution in [2.75, 3.05) is 13.7 Å². The molecule has 1 aliphatic heterocycles. The average Bonchev–Trinajstić information content (AvgIpc) is 2.89. The van der Waals surface area contributed by atoms with E-state index in [1.54, 1.807) is 62.6 Å². The fourth-order valence-electron chi connectivity index (χ4n) is 3.71. The maximum Gasteiger partial charge on any atom is 0.343 e. The second-order valence-electron chi connectivity index (χ2n) is 7.73. The number of carbonyl (C=O) groups excluding carboxylic acids is 3. The first-order valence-corrected chi connectivity index (χ1v) is 11.1. The Bertz CT molecular complexity index is 1300. The molecule has 184 valence electrons. The molecule has 9 heteroatoms. The molecule has 3 aromatic carbocycles. The van der Waals surface area contributed by atoms with Crippen molar-refractivity contribution in [3.8, 4) is 11.5 Å². The Morgan fingerprint density at radius 2 is 1.53 bits per heavy atom. The van der Waals surface area contributed by atoms with Crippen LogP contribution >= 0.6 is 0 Å². The minimum absolute atomic E-state index is 0.150. The Kier molecular flexibility index (Phi) is 7.29. The van der Waals surface area contributed by atoms with Crippen molar-refractivity contribution < 1.29 is 33.0 Å². The number of halogens is 1. The highest BCUT2D eigenvalue weighted by Gasteiger charge is 2.34. The number of urea groups is 1. The lowest BCUT2D eigenvalue weighted by Gasteiger charge is -2.29. The molecule has 36 heavy (non-hydrogen) atoms. The molecule has 0 fully saturated rings. The van der Waals surface area contributed by atoms with Crippen molar-refractivity contribution in [1.29, 1.82) is 0 Å². The fraction of sp³-hybridized carbons (Fsp3) is 0.148. The van der Waals surface area contributed by atoms with E-state index in [1.807, 2.05) is 0 Å². The summed E-state index contributed by atoms with van der Waals surface area (Å²) in [6.45, 7) is 1.84. The Labute approximate surface area is 206 Å². The zero-order valence-corrected chi connectivity index (χ0v) is 19.5. The molecule has 4 rings (SSSR count). The van der Waals surface area contributed by atoms with Crippen molar-refractivity contribution in [1.82, 2.24) is 10.6 Å². The first-order chi connectivity index (χ1) is 17.4. The molecular formula is C27H23FN2O6. The largest absolute Gasteiger partial charge is 0.497 e. The van der Waals surface area contributed by atoms with Gasteiger partial charge in [-0.15, -0.1) is 0 Å². The molecule has 0 saturated carbocycles. The van der Waals surface area contributed by atoms with Crippen LogP contribution in [0.2, 0.25) is 0 Å². The van der Waals surface area contributed by atoms with Crippen molar-refractivity contribution >= 4 is 23.7 Å². The summed E-state index contributed by atoms with van der Waals surface area (Å²) in [5, 5.41) is 5.47. The van der Waals surface area contributed by atoms with Gasteiger partial charge in [-0.05, 0) is 78.7 Å². The van der Waals surface area contributed by atoms with Gasteiger partial charge in [0.1, 0.15) is 17.3 Å². The van der Waals surface area contributed by atoms with Crippen LogP contribution < -0.4 is 20.1 Å². The molecule has 8 nitrogen and oxygen atoms in total. The number of hydrogen-bond donors (Lipinski definition) is 2. The highest BCUT2D eigenvalue weighted by atomic mass is 19.1. The molecule has 0 radical (unpaired) electrons. The summed E-state index contributed by atoms with van der Waals surface area (Å²) in [5.41, 5.74) is 1.90. The van der Waals surface area contributed by atoms with E-state index in [1.165, 1.54) is 24.3 Å². The second kappa shape index (κ2) is 10.7. The molecule has 3 aromatic rings. The summed E-state index contributed by atoms with van der Waals surface area (Å²) in [6.07, 6.45) is 0. The minimum atomic E-state index is -0.822. The average molecular weight is 490 g/mol. The zero-order chi connectivity index (χ0) is 25.7. The van der Waals surface area contributed by atoms with Crippen LogP contribution in [0.5, 0.6) is 11.5 Å².